The van der Waals surface area contributed by atoms with Crippen LogP contribution < -0.4 is 16.9 Å². The van der Waals surface area contributed by atoms with E-state index < -0.39 is 7.12 Å². The summed E-state index contributed by atoms with van der Waals surface area (Å²) in [5, 5.41) is 1.86. The Bertz CT molecular complexity index is 2290. The lowest BCUT2D eigenvalue weighted by molar-refractivity contribution is -0.137. The van der Waals surface area contributed by atoms with Crippen molar-refractivity contribution < 1.29 is 28.4 Å². The summed E-state index contributed by atoms with van der Waals surface area (Å²) in [4.78, 5) is 46.5. The molecule has 0 bridgehead atoms. The van der Waals surface area contributed by atoms with Crippen molar-refractivity contribution in [2.24, 2.45) is 11.5 Å². The van der Waals surface area contributed by atoms with E-state index in [2.05, 4.69) is 48.5 Å². The van der Waals surface area contributed by atoms with Gasteiger partial charge < -0.3 is 40.2 Å². The first-order valence-corrected chi connectivity index (χ1v) is 21.6. The van der Waals surface area contributed by atoms with Gasteiger partial charge >= 0.3 is 7.12 Å². The van der Waals surface area contributed by atoms with E-state index in [1.165, 1.54) is 11.1 Å². The molecule has 12 heteroatoms. The lowest BCUT2D eigenvalue weighted by Gasteiger charge is -2.33. The van der Waals surface area contributed by atoms with Crippen LogP contribution in [0.3, 0.4) is 0 Å². The van der Waals surface area contributed by atoms with Crippen molar-refractivity contribution in [3.05, 3.63) is 137 Å². The number of nitrogens with two attached hydrogens (primary N) is 2. The van der Waals surface area contributed by atoms with Crippen molar-refractivity contribution in [2.75, 3.05) is 45.9 Å². The van der Waals surface area contributed by atoms with Gasteiger partial charge in [-0.1, -0.05) is 97.1 Å². The number of benzene rings is 4. The molecule has 9 rings (SSSR count). The van der Waals surface area contributed by atoms with E-state index in [1.54, 1.807) is 4.90 Å². The number of carbonyl (C=O) groups excluding carboxylic acids is 3. The minimum absolute atomic E-state index is 0.0392. The van der Waals surface area contributed by atoms with E-state index in [0.29, 0.717) is 81.8 Å². The second-order valence-electron chi connectivity index (χ2n) is 16.9. The molecule has 60 heavy (non-hydrogen) atoms. The normalized spacial score (nSPS) is 22.4. The van der Waals surface area contributed by atoms with Crippen LogP contribution >= 0.6 is 0 Å². The van der Waals surface area contributed by atoms with Crippen LogP contribution in [-0.2, 0) is 36.7 Å². The van der Waals surface area contributed by atoms with Gasteiger partial charge in [-0.15, -0.1) is 0 Å². The third-order valence-electron chi connectivity index (χ3n) is 13.2. The van der Waals surface area contributed by atoms with E-state index in [1.807, 2.05) is 64.4 Å². The maximum Gasteiger partial charge on any atom is 0.494 e. The first kappa shape index (κ1) is 40.3. The molecule has 4 fully saturated rings. The number of likely N-dealkylation sites (tertiary alicyclic amines) is 3. The van der Waals surface area contributed by atoms with E-state index >= 15 is 0 Å². The predicted octanol–water partition coefficient (Wildman–Crippen LogP) is 4.78. The molecule has 4 heterocycles. The fourth-order valence-electron chi connectivity index (χ4n) is 9.68. The molecule has 11 nitrogen and oxygen atoms in total. The second kappa shape index (κ2) is 17.9. The van der Waals surface area contributed by atoms with Crippen LogP contribution in [0.2, 0.25) is 0 Å². The van der Waals surface area contributed by atoms with Crippen LogP contribution in [0.1, 0.15) is 76.6 Å². The number of nitrogens with zero attached hydrogens (tertiary/aromatic N) is 3. The monoisotopic (exact) mass is 807 g/mol. The number of fused-ring (bicyclic) bond motifs is 2. The van der Waals surface area contributed by atoms with Gasteiger partial charge in [0, 0.05) is 69.9 Å². The molecular formula is C48H54BN5O6. The van der Waals surface area contributed by atoms with Crippen LogP contribution in [0.15, 0.2) is 109 Å². The minimum Gasteiger partial charge on any atom is -0.400 e. The van der Waals surface area contributed by atoms with E-state index in [0.717, 1.165) is 53.0 Å². The maximum atomic E-state index is 14.0. The minimum atomic E-state index is -0.593. The first-order chi connectivity index (χ1) is 29.3. The highest BCUT2D eigenvalue weighted by molar-refractivity contribution is 6.62. The zero-order valence-electron chi connectivity index (χ0n) is 34.1. The standard InChI is InChI=1S/C48H54BN5O6/c50-27-32-5-1-8-37(23-32)34-15-19-52(20-16-34)47(56)39-10-3-11-41(25-39)58-31-46(55)54-29-44-45(30-54)60-49(59-44)40-14-13-36-7-4-12-42(43(36)26-40)48(57)53-21-17-35(18-22-53)38-9-2-6-33(24-38)28-51/h1-14,23-24,26,34-35,41,44-45H,15-22,25,27-31,50-51H2. The van der Waals surface area contributed by atoms with Crippen molar-refractivity contribution in [2.45, 2.75) is 75.3 Å². The summed E-state index contributed by atoms with van der Waals surface area (Å²) in [6.45, 7) is 4.59. The molecule has 0 aromatic heterocycles. The molecule has 0 saturated carbocycles. The number of amides is 3. The summed E-state index contributed by atoms with van der Waals surface area (Å²) in [5.41, 5.74) is 18.8. The molecule has 4 N–H and O–H groups in total. The second-order valence-corrected chi connectivity index (χ2v) is 16.9. The topological polar surface area (TPSA) is 141 Å². The zero-order valence-corrected chi connectivity index (χ0v) is 34.1. The van der Waals surface area contributed by atoms with E-state index in [-0.39, 0.29) is 42.6 Å². The van der Waals surface area contributed by atoms with Crippen molar-refractivity contribution in [1.29, 1.82) is 0 Å². The third kappa shape index (κ3) is 8.57. The largest absolute Gasteiger partial charge is 0.494 e. The average molecular weight is 808 g/mol. The molecule has 4 saturated heterocycles. The number of carbonyl (C=O) groups is 3. The van der Waals surface area contributed by atoms with Gasteiger partial charge in [0.05, 0.1) is 18.3 Å². The molecule has 3 amide bonds. The molecule has 4 aliphatic heterocycles. The maximum absolute atomic E-state index is 14.0. The summed E-state index contributed by atoms with van der Waals surface area (Å²) < 4.78 is 18.9. The molecule has 4 aromatic carbocycles. The summed E-state index contributed by atoms with van der Waals surface area (Å²) in [7, 11) is -0.593. The highest BCUT2D eigenvalue weighted by Gasteiger charge is 2.47. The molecule has 3 atom stereocenters. The zero-order chi connectivity index (χ0) is 41.2. The number of piperidine rings is 2. The van der Waals surface area contributed by atoms with Gasteiger partial charge in [-0.3, -0.25) is 14.4 Å². The van der Waals surface area contributed by atoms with Gasteiger partial charge in [-0.2, -0.15) is 0 Å². The van der Waals surface area contributed by atoms with Crippen LogP contribution in [0.4, 0.5) is 0 Å². The third-order valence-corrected chi connectivity index (χ3v) is 13.2. The summed E-state index contributed by atoms with van der Waals surface area (Å²) in [6, 6.07) is 28.9. The summed E-state index contributed by atoms with van der Waals surface area (Å²) in [6.07, 6.45) is 8.84. The molecule has 1 aliphatic carbocycles. The molecule has 0 radical (unpaired) electrons. The fraction of sp³-hybridized carbons (Fsp3) is 0.396. The van der Waals surface area contributed by atoms with Gasteiger partial charge in [-0.05, 0) is 82.1 Å². The molecular weight excluding hydrogens is 753 g/mol. The van der Waals surface area contributed by atoms with Gasteiger partial charge in [0.15, 0.2) is 0 Å². The Morgan fingerprint density at radius 1 is 0.700 bits per heavy atom. The molecule has 0 spiro atoms. The number of rotatable bonds is 10. The van der Waals surface area contributed by atoms with Gasteiger partial charge in [-0.25, -0.2) is 0 Å². The Balaban J connectivity index is 0.745. The number of allylic oxidation sites excluding steroid dienone is 2. The van der Waals surface area contributed by atoms with E-state index in [9.17, 15) is 14.4 Å². The van der Waals surface area contributed by atoms with E-state index in [4.69, 9.17) is 25.5 Å². The highest BCUT2D eigenvalue weighted by atomic mass is 16.7. The lowest BCUT2D eigenvalue weighted by Crippen LogP contribution is -2.40. The van der Waals surface area contributed by atoms with Gasteiger partial charge in [0.25, 0.3) is 5.91 Å². The van der Waals surface area contributed by atoms with Crippen LogP contribution in [0.25, 0.3) is 10.8 Å². The summed E-state index contributed by atoms with van der Waals surface area (Å²) in [5.74, 6) is 0.784. The van der Waals surface area contributed by atoms with Crippen molar-refractivity contribution in [1.82, 2.24) is 14.7 Å². The Labute approximate surface area is 352 Å². The molecule has 5 aliphatic rings. The van der Waals surface area contributed by atoms with Crippen molar-refractivity contribution >= 4 is 41.1 Å². The Morgan fingerprint density at radius 2 is 1.30 bits per heavy atom. The number of ether oxygens (including phenoxy) is 1. The van der Waals surface area contributed by atoms with Gasteiger partial charge in [0.1, 0.15) is 6.61 Å². The number of hydrogen-bond donors (Lipinski definition) is 2. The molecule has 4 aromatic rings. The SMILES string of the molecule is NCc1cccc(C2CCN(C(=O)C3=CC=CC(OCC(=O)N4CC5OB(c6ccc7cccc(C(=O)N8CCC(c9cccc(CN)c9)CC8)c7c6)OC5C4)C3)CC2)c1. The fourth-order valence-corrected chi connectivity index (χ4v) is 9.68. The van der Waals surface area contributed by atoms with Gasteiger partial charge in [0.2, 0.25) is 11.8 Å². The molecule has 310 valence electrons. The van der Waals surface area contributed by atoms with Crippen molar-refractivity contribution in [3.63, 3.8) is 0 Å². The lowest BCUT2D eigenvalue weighted by atomic mass is 9.78. The smallest absolute Gasteiger partial charge is 0.400 e. The van der Waals surface area contributed by atoms with Crippen LogP contribution in [0.5, 0.6) is 0 Å². The Hall–Kier alpha value is -5.11. The number of hydrogen-bond acceptors (Lipinski definition) is 8. The predicted molar refractivity (Wildman–Crippen MR) is 232 cm³/mol. The highest BCUT2D eigenvalue weighted by Crippen LogP contribution is 2.33. The Morgan fingerprint density at radius 3 is 1.92 bits per heavy atom. The van der Waals surface area contributed by atoms with Crippen LogP contribution in [0, 0.1) is 0 Å². The molecule has 3 unspecified atom stereocenters. The van der Waals surface area contributed by atoms with Crippen molar-refractivity contribution in [3.8, 4) is 0 Å². The Kier molecular flexibility index (Phi) is 12.0. The average Bonchev–Trinajstić information content (AvgIpc) is 3.91. The first-order valence-electron chi connectivity index (χ1n) is 21.6. The van der Waals surface area contributed by atoms with Crippen LogP contribution in [-0.4, -0.2) is 104 Å². The quantitative estimate of drug-likeness (QED) is 0.219. The summed E-state index contributed by atoms with van der Waals surface area (Å²) >= 11 is 0.